The van der Waals surface area contributed by atoms with Crippen molar-refractivity contribution in [3.05, 3.63) is 60.6 Å². The van der Waals surface area contributed by atoms with Gasteiger partial charge in [-0.3, -0.25) is 9.78 Å². The molecule has 98 valence electrons. The zero-order valence-electron chi connectivity index (χ0n) is 10.5. The van der Waals surface area contributed by atoms with Crippen molar-refractivity contribution in [2.75, 3.05) is 0 Å². The summed E-state index contributed by atoms with van der Waals surface area (Å²) >= 11 is 0. The average molecular weight is 265 g/mol. The van der Waals surface area contributed by atoms with Crippen molar-refractivity contribution in [1.29, 1.82) is 0 Å². The van der Waals surface area contributed by atoms with Gasteiger partial charge in [0.25, 0.3) is 5.91 Å². The smallest absolute Gasteiger partial charge is 0.271 e. The van der Waals surface area contributed by atoms with Gasteiger partial charge in [0, 0.05) is 18.0 Å². The van der Waals surface area contributed by atoms with Crippen LogP contribution >= 0.6 is 0 Å². The molecule has 0 aliphatic heterocycles. The molecule has 3 rings (SSSR count). The van der Waals surface area contributed by atoms with E-state index in [1.54, 1.807) is 24.5 Å². The molecule has 0 saturated carbocycles. The lowest BCUT2D eigenvalue weighted by atomic mass is 10.1. The monoisotopic (exact) mass is 265 g/mol. The Hall–Kier alpha value is -2.95. The summed E-state index contributed by atoms with van der Waals surface area (Å²) in [5.41, 5.74) is 6.93. The van der Waals surface area contributed by atoms with Crippen LogP contribution in [0.5, 0.6) is 0 Å². The molecule has 0 radical (unpaired) electrons. The number of hydrogen-bond donors (Lipinski definition) is 1. The highest BCUT2D eigenvalue weighted by molar-refractivity contribution is 5.97. The molecule has 0 fully saturated rings. The van der Waals surface area contributed by atoms with Gasteiger partial charge in [-0.05, 0) is 12.1 Å². The maximum atomic E-state index is 11.5. The number of primary amides is 1. The molecule has 2 N–H and O–H groups in total. The summed E-state index contributed by atoms with van der Waals surface area (Å²) in [6.07, 6.45) is 3.27. The summed E-state index contributed by atoms with van der Waals surface area (Å²) in [7, 11) is 0. The number of carbonyl (C=O) groups is 1. The van der Waals surface area contributed by atoms with Crippen LogP contribution in [0.4, 0.5) is 0 Å². The van der Waals surface area contributed by atoms with Crippen molar-refractivity contribution in [2.24, 2.45) is 5.73 Å². The second kappa shape index (κ2) is 4.97. The van der Waals surface area contributed by atoms with Crippen molar-refractivity contribution >= 4 is 5.91 Å². The summed E-state index contributed by atoms with van der Waals surface area (Å²) < 4.78 is 5.70. The maximum Gasteiger partial charge on any atom is 0.271 e. The molecule has 5 heteroatoms. The Bertz CT molecular complexity index is 736. The van der Waals surface area contributed by atoms with Crippen LogP contribution in [-0.4, -0.2) is 15.9 Å². The molecule has 20 heavy (non-hydrogen) atoms. The van der Waals surface area contributed by atoms with Gasteiger partial charge in [-0.1, -0.05) is 30.3 Å². The molecule has 1 amide bonds. The van der Waals surface area contributed by atoms with Gasteiger partial charge in [0.2, 0.25) is 5.89 Å². The van der Waals surface area contributed by atoms with Crippen LogP contribution in [0.3, 0.4) is 0 Å². The third-order valence-electron chi connectivity index (χ3n) is 2.81. The average Bonchev–Trinajstić information content (AvgIpc) is 2.94. The van der Waals surface area contributed by atoms with Gasteiger partial charge in [0.15, 0.2) is 11.5 Å². The van der Waals surface area contributed by atoms with E-state index < -0.39 is 5.91 Å². The number of amides is 1. The Morgan fingerprint density at radius 1 is 1.05 bits per heavy atom. The van der Waals surface area contributed by atoms with E-state index in [0.29, 0.717) is 17.2 Å². The fourth-order valence-corrected chi connectivity index (χ4v) is 1.89. The van der Waals surface area contributed by atoms with Gasteiger partial charge in [-0.2, -0.15) is 0 Å². The fraction of sp³-hybridized carbons (Fsp3) is 0. The number of hydrogen-bond acceptors (Lipinski definition) is 4. The Labute approximate surface area is 115 Å². The van der Waals surface area contributed by atoms with Crippen LogP contribution < -0.4 is 5.73 Å². The second-order valence-corrected chi connectivity index (χ2v) is 4.17. The first kappa shape index (κ1) is 12.1. The van der Waals surface area contributed by atoms with Crippen LogP contribution in [0.1, 0.15) is 10.5 Å². The van der Waals surface area contributed by atoms with Crippen LogP contribution in [0.2, 0.25) is 0 Å². The number of nitrogens with zero attached hydrogens (tertiary/aromatic N) is 2. The van der Waals surface area contributed by atoms with Crippen molar-refractivity contribution < 1.29 is 9.21 Å². The molecule has 0 bridgehead atoms. The molecule has 2 heterocycles. The van der Waals surface area contributed by atoms with Gasteiger partial charge in [0.1, 0.15) is 0 Å². The minimum atomic E-state index is -0.622. The molecule has 3 aromatic rings. The number of rotatable bonds is 3. The standard InChI is InChI=1S/C15H11N3O2/c16-14(19)12-13(10-5-2-1-3-6-10)20-15(18-12)11-7-4-8-17-9-11/h1-9H,(H2,16,19). The molecule has 0 spiro atoms. The number of nitrogens with two attached hydrogens (primary N) is 1. The predicted molar refractivity (Wildman–Crippen MR) is 73.7 cm³/mol. The summed E-state index contributed by atoms with van der Waals surface area (Å²) in [4.78, 5) is 19.7. The third-order valence-corrected chi connectivity index (χ3v) is 2.81. The minimum Gasteiger partial charge on any atom is -0.435 e. The molecular formula is C15H11N3O2. The lowest BCUT2D eigenvalue weighted by molar-refractivity contribution is 0.0996. The first-order chi connectivity index (χ1) is 9.75. The maximum absolute atomic E-state index is 11.5. The van der Waals surface area contributed by atoms with E-state index >= 15 is 0 Å². The molecule has 0 aliphatic carbocycles. The van der Waals surface area contributed by atoms with E-state index in [4.69, 9.17) is 10.2 Å². The summed E-state index contributed by atoms with van der Waals surface area (Å²) in [6, 6.07) is 12.8. The molecule has 0 aliphatic rings. The SMILES string of the molecule is NC(=O)c1nc(-c2cccnc2)oc1-c1ccccc1. The second-order valence-electron chi connectivity index (χ2n) is 4.17. The zero-order chi connectivity index (χ0) is 13.9. The van der Waals surface area contributed by atoms with Gasteiger partial charge in [-0.15, -0.1) is 0 Å². The quantitative estimate of drug-likeness (QED) is 0.788. The summed E-state index contributed by atoms with van der Waals surface area (Å²) in [6.45, 7) is 0. The number of aromatic nitrogens is 2. The molecule has 5 nitrogen and oxygen atoms in total. The Balaban J connectivity index is 2.15. The number of oxazole rings is 1. The zero-order valence-corrected chi connectivity index (χ0v) is 10.5. The van der Waals surface area contributed by atoms with Crippen LogP contribution in [0.25, 0.3) is 22.8 Å². The Morgan fingerprint density at radius 2 is 1.80 bits per heavy atom. The summed E-state index contributed by atoms with van der Waals surface area (Å²) in [5, 5.41) is 0. The fourth-order valence-electron chi connectivity index (χ4n) is 1.89. The highest BCUT2D eigenvalue weighted by Crippen LogP contribution is 2.29. The van der Waals surface area contributed by atoms with Crippen LogP contribution in [-0.2, 0) is 0 Å². The lowest BCUT2D eigenvalue weighted by Crippen LogP contribution is -2.12. The van der Waals surface area contributed by atoms with E-state index in [1.165, 1.54) is 0 Å². The number of benzene rings is 1. The van der Waals surface area contributed by atoms with Crippen LogP contribution in [0.15, 0.2) is 59.3 Å². The Morgan fingerprint density at radius 3 is 2.45 bits per heavy atom. The predicted octanol–water partition coefficient (Wildman–Crippen LogP) is 2.50. The van der Waals surface area contributed by atoms with E-state index in [1.807, 2.05) is 30.3 Å². The van der Waals surface area contributed by atoms with Crippen LogP contribution in [0, 0.1) is 0 Å². The molecule has 0 saturated heterocycles. The third kappa shape index (κ3) is 2.16. The van der Waals surface area contributed by atoms with Gasteiger partial charge >= 0.3 is 0 Å². The van der Waals surface area contributed by atoms with Gasteiger partial charge in [0.05, 0.1) is 5.56 Å². The Kier molecular flexibility index (Phi) is 3.01. The number of carbonyl (C=O) groups excluding carboxylic acids is 1. The topological polar surface area (TPSA) is 82.0 Å². The van der Waals surface area contributed by atoms with E-state index in [9.17, 15) is 4.79 Å². The van der Waals surface area contributed by atoms with Crippen molar-refractivity contribution in [2.45, 2.75) is 0 Å². The van der Waals surface area contributed by atoms with Crippen molar-refractivity contribution in [3.63, 3.8) is 0 Å². The number of pyridine rings is 1. The van der Waals surface area contributed by atoms with Crippen molar-refractivity contribution in [3.8, 4) is 22.8 Å². The molecule has 0 unspecified atom stereocenters. The van der Waals surface area contributed by atoms with Gasteiger partial charge < -0.3 is 10.2 Å². The molecule has 1 aromatic carbocycles. The first-order valence-electron chi connectivity index (χ1n) is 6.02. The van der Waals surface area contributed by atoms with Crippen molar-refractivity contribution in [1.82, 2.24) is 9.97 Å². The van der Waals surface area contributed by atoms with E-state index in [0.717, 1.165) is 5.56 Å². The molecule has 0 atom stereocenters. The first-order valence-corrected chi connectivity index (χ1v) is 6.02. The van der Waals surface area contributed by atoms with Gasteiger partial charge in [-0.25, -0.2) is 4.98 Å². The minimum absolute atomic E-state index is 0.120. The lowest BCUT2D eigenvalue weighted by Gasteiger charge is -1.97. The largest absolute Gasteiger partial charge is 0.435 e. The van der Waals surface area contributed by atoms with E-state index in [-0.39, 0.29) is 5.69 Å². The summed E-state index contributed by atoms with van der Waals surface area (Å²) in [5.74, 6) is 0.0745. The highest BCUT2D eigenvalue weighted by atomic mass is 16.4. The highest BCUT2D eigenvalue weighted by Gasteiger charge is 2.20. The normalized spacial score (nSPS) is 10.4. The van der Waals surface area contributed by atoms with E-state index in [2.05, 4.69) is 9.97 Å². The molecular weight excluding hydrogens is 254 g/mol. The molecule has 2 aromatic heterocycles.